The first-order valence-electron chi connectivity index (χ1n) is 7.05. The maximum Gasteiger partial charge on any atom is 0.237 e. The summed E-state index contributed by atoms with van der Waals surface area (Å²) in [4.78, 5) is 25.0. The Balaban J connectivity index is 1.88. The van der Waals surface area contributed by atoms with Crippen LogP contribution < -0.4 is 14.2 Å². The Hall–Kier alpha value is -2.38. The van der Waals surface area contributed by atoms with E-state index in [0.717, 1.165) is 0 Å². The first kappa shape index (κ1) is 14.2. The Morgan fingerprint density at radius 1 is 1.04 bits per heavy atom. The van der Waals surface area contributed by atoms with Crippen molar-refractivity contribution >= 4 is 11.6 Å². The maximum absolute atomic E-state index is 13.1. The zero-order chi connectivity index (χ0) is 16.2. The van der Waals surface area contributed by atoms with Gasteiger partial charge in [0, 0.05) is 20.3 Å². The van der Waals surface area contributed by atoms with Crippen LogP contribution in [-0.4, -0.2) is 44.0 Å². The van der Waals surface area contributed by atoms with Crippen LogP contribution in [0, 0.1) is 0 Å². The molecular weight excluding hydrogens is 304 g/mol. The highest BCUT2D eigenvalue weighted by Crippen LogP contribution is 2.50. The van der Waals surface area contributed by atoms with E-state index >= 15 is 0 Å². The van der Waals surface area contributed by atoms with Crippen LogP contribution >= 0.6 is 0 Å². The molecule has 0 saturated carbocycles. The Morgan fingerprint density at radius 2 is 1.74 bits per heavy atom. The molecule has 1 unspecified atom stereocenters. The topological polar surface area (TPSA) is 80.3 Å². The molecule has 3 aliphatic rings. The van der Waals surface area contributed by atoms with Crippen LogP contribution in [0.25, 0.3) is 0 Å². The molecule has 120 valence electrons. The molecular formula is C16H14O7. The van der Waals surface area contributed by atoms with Crippen molar-refractivity contribution in [3.63, 3.8) is 0 Å². The van der Waals surface area contributed by atoms with Gasteiger partial charge in [-0.2, -0.15) is 0 Å². The van der Waals surface area contributed by atoms with E-state index in [0.29, 0.717) is 22.8 Å². The van der Waals surface area contributed by atoms with Crippen LogP contribution in [0.4, 0.5) is 0 Å². The molecule has 1 atom stereocenters. The molecule has 1 aromatic carbocycles. The number of benzene rings is 1. The second-order valence-corrected chi connectivity index (χ2v) is 5.51. The lowest BCUT2D eigenvalue weighted by molar-refractivity contribution is -0.244. The van der Waals surface area contributed by atoms with Crippen LogP contribution in [0.3, 0.4) is 0 Å². The van der Waals surface area contributed by atoms with Crippen molar-refractivity contribution < 1.29 is 33.3 Å². The van der Waals surface area contributed by atoms with Crippen LogP contribution in [0.5, 0.6) is 17.2 Å². The number of Topliss-reactive ketones (excluding diaryl/α,β-unsaturated/α-hetero) is 1. The van der Waals surface area contributed by atoms with E-state index in [-0.39, 0.29) is 24.8 Å². The maximum atomic E-state index is 13.1. The molecule has 4 rings (SSSR count). The highest BCUT2D eigenvalue weighted by Gasteiger charge is 2.65. The number of hydrogen-bond acceptors (Lipinski definition) is 7. The van der Waals surface area contributed by atoms with Gasteiger partial charge in [0.15, 0.2) is 17.3 Å². The number of carbonyl (C=O) groups excluding carboxylic acids is 2. The van der Waals surface area contributed by atoms with Gasteiger partial charge in [-0.15, -0.1) is 0 Å². The van der Waals surface area contributed by atoms with Gasteiger partial charge >= 0.3 is 0 Å². The summed E-state index contributed by atoms with van der Waals surface area (Å²) in [5, 5.41) is 0. The van der Waals surface area contributed by atoms with E-state index in [1.807, 2.05) is 0 Å². The van der Waals surface area contributed by atoms with Gasteiger partial charge in [-0.25, -0.2) is 0 Å². The number of methoxy groups -OCH3 is 2. The number of ether oxygens (including phenoxy) is 5. The summed E-state index contributed by atoms with van der Waals surface area (Å²) < 4.78 is 27.4. The van der Waals surface area contributed by atoms with Gasteiger partial charge in [-0.05, 0) is 18.2 Å². The van der Waals surface area contributed by atoms with Gasteiger partial charge in [0.05, 0.1) is 12.0 Å². The molecule has 0 saturated heterocycles. The van der Waals surface area contributed by atoms with Gasteiger partial charge in [-0.3, -0.25) is 9.59 Å². The number of fused-ring (bicyclic) bond motifs is 2. The van der Waals surface area contributed by atoms with Crippen LogP contribution in [-0.2, 0) is 14.3 Å². The average Bonchev–Trinajstić information content (AvgIpc) is 3.10. The second kappa shape index (κ2) is 4.56. The van der Waals surface area contributed by atoms with Crippen LogP contribution in [0.15, 0.2) is 24.3 Å². The largest absolute Gasteiger partial charge is 0.472 e. The summed E-state index contributed by atoms with van der Waals surface area (Å²) in [6.07, 6.45) is 2.58. The number of carbonyl (C=O) groups is 2. The summed E-state index contributed by atoms with van der Waals surface area (Å²) >= 11 is 0. The lowest BCUT2D eigenvalue weighted by Gasteiger charge is -2.43. The molecule has 7 nitrogen and oxygen atoms in total. The number of hydrogen-bond donors (Lipinski definition) is 0. The third-order valence-electron chi connectivity index (χ3n) is 4.45. The Kier molecular flexibility index (Phi) is 2.82. The van der Waals surface area contributed by atoms with Crippen LogP contribution in [0.2, 0.25) is 0 Å². The number of rotatable bonds is 2. The fourth-order valence-corrected chi connectivity index (χ4v) is 3.30. The summed E-state index contributed by atoms with van der Waals surface area (Å²) in [5.41, 5.74) is -1.28. The Bertz CT molecular complexity index is 747. The van der Waals surface area contributed by atoms with E-state index in [4.69, 9.17) is 23.7 Å². The normalized spacial score (nSPS) is 26.5. The van der Waals surface area contributed by atoms with Crippen molar-refractivity contribution in [3.05, 3.63) is 29.8 Å². The number of ketones is 2. The molecule has 2 aliphatic heterocycles. The Labute approximate surface area is 131 Å². The monoisotopic (exact) mass is 318 g/mol. The molecule has 0 N–H and O–H groups in total. The molecule has 2 heterocycles. The highest BCUT2D eigenvalue weighted by molar-refractivity contribution is 6.12. The summed E-state index contributed by atoms with van der Waals surface area (Å²) in [5.74, 6) is -0.824. The van der Waals surface area contributed by atoms with Crippen molar-refractivity contribution in [2.45, 2.75) is 17.8 Å². The minimum Gasteiger partial charge on any atom is -0.472 e. The summed E-state index contributed by atoms with van der Waals surface area (Å²) in [7, 11) is 2.80. The smallest absolute Gasteiger partial charge is 0.237 e. The van der Waals surface area contributed by atoms with Gasteiger partial charge < -0.3 is 23.7 Å². The van der Waals surface area contributed by atoms with E-state index in [9.17, 15) is 9.59 Å². The molecule has 0 radical (unpaired) electrons. The molecule has 7 heteroatoms. The quantitative estimate of drug-likeness (QED) is 0.759. The van der Waals surface area contributed by atoms with Gasteiger partial charge in [0.2, 0.25) is 24.0 Å². The molecule has 0 fully saturated rings. The molecule has 0 bridgehead atoms. The van der Waals surface area contributed by atoms with Crippen molar-refractivity contribution in [3.8, 4) is 17.2 Å². The first-order valence-corrected chi connectivity index (χ1v) is 7.05. The van der Waals surface area contributed by atoms with Crippen molar-refractivity contribution in [1.82, 2.24) is 0 Å². The molecule has 0 amide bonds. The van der Waals surface area contributed by atoms with Crippen LogP contribution in [0.1, 0.15) is 16.8 Å². The molecule has 0 aromatic heterocycles. The van der Waals surface area contributed by atoms with Gasteiger partial charge in [0.1, 0.15) is 5.75 Å². The summed E-state index contributed by atoms with van der Waals surface area (Å²) in [6, 6.07) is 3.15. The zero-order valence-corrected chi connectivity index (χ0v) is 12.6. The molecule has 23 heavy (non-hydrogen) atoms. The van der Waals surface area contributed by atoms with E-state index in [2.05, 4.69) is 0 Å². The predicted octanol–water partition coefficient (Wildman–Crippen LogP) is 1.25. The van der Waals surface area contributed by atoms with Crippen molar-refractivity contribution in [2.24, 2.45) is 0 Å². The highest BCUT2D eigenvalue weighted by atomic mass is 16.7. The minimum absolute atomic E-state index is 0.0961. The standard InChI is InChI=1S/C16H14O7/c1-19-16(20-2)4-3-9(17)7-15(16)14(18)10-5-12-13(22-8-21-12)6-11(10)23-15/h3-6H,7-8H2,1-2H3. The van der Waals surface area contributed by atoms with E-state index in [1.165, 1.54) is 26.4 Å². The SMILES string of the molecule is COC1(OC)C=CC(=O)CC12Oc1cc3c(cc1C2=O)OCO3. The molecule has 1 aliphatic carbocycles. The first-order chi connectivity index (χ1) is 11.0. The lowest BCUT2D eigenvalue weighted by Crippen LogP contribution is -2.64. The molecule has 1 spiro atoms. The van der Waals surface area contributed by atoms with Crippen molar-refractivity contribution in [2.75, 3.05) is 21.0 Å². The minimum atomic E-state index is -1.60. The molecule has 1 aromatic rings. The third kappa shape index (κ3) is 1.66. The Morgan fingerprint density at radius 3 is 2.43 bits per heavy atom. The zero-order valence-electron chi connectivity index (χ0n) is 12.6. The lowest BCUT2D eigenvalue weighted by atomic mass is 9.78. The summed E-state index contributed by atoms with van der Waals surface area (Å²) in [6.45, 7) is 0.0961. The second-order valence-electron chi connectivity index (χ2n) is 5.51. The third-order valence-corrected chi connectivity index (χ3v) is 4.45. The average molecular weight is 318 g/mol. The van der Waals surface area contributed by atoms with E-state index < -0.39 is 11.4 Å². The van der Waals surface area contributed by atoms with Gasteiger partial charge in [0.25, 0.3) is 0 Å². The fraction of sp³-hybridized carbons (Fsp3) is 0.375. The number of allylic oxidation sites excluding steroid dienone is 1. The van der Waals surface area contributed by atoms with E-state index in [1.54, 1.807) is 12.1 Å². The predicted molar refractivity (Wildman–Crippen MR) is 75.8 cm³/mol. The van der Waals surface area contributed by atoms with Gasteiger partial charge in [-0.1, -0.05) is 0 Å². The fourth-order valence-electron chi connectivity index (χ4n) is 3.30. The van der Waals surface area contributed by atoms with Crippen molar-refractivity contribution in [1.29, 1.82) is 0 Å².